The lowest BCUT2D eigenvalue weighted by atomic mass is 9.95. The number of methoxy groups -OCH3 is 1. The number of rotatable bonds is 7. The van der Waals surface area contributed by atoms with Crippen LogP contribution in [-0.2, 0) is 9.53 Å². The average molecular weight is 457 g/mol. The first-order chi connectivity index (χ1) is 12.8. The van der Waals surface area contributed by atoms with Gasteiger partial charge in [-0.25, -0.2) is 4.79 Å². The Labute approximate surface area is 173 Å². The predicted octanol–water partition coefficient (Wildman–Crippen LogP) is 3.85. The van der Waals surface area contributed by atoms with Gasteiger partial charge in [0.2, 0.25) is 0 Å². The largest absolute Gasteiger partial charge is 0.490 e. The quantitative estimate of drug-likeness (QED) is 0.476. The predicted molar refractivity (Wildman–Crippen MR) is 112 cm³/mol. The molecule has 1 aromatic carbocycles. The first kappa shape index (κ1) is 21.5. The number of halogens is 1. The molecule has 1 heterocycles. The number of esters is 1. The normalized spacial score (nSPS) is 16.7. The minimum Gasteiger partial charge on any atom is -0.490 e. The van der Waals surface area contributed by atoms with Gasteiger partial charge in [-0.1, -0.05) is 13.8 Å². The summed E-state index contributed by atoms with van der Waals surface area (Å²) in [6.45, 7) is 8.93. The molecule has 1 aliphatic heterocycles. The molecule has 0 unspecified atom stereocenters. The first-order valence-electron chi connectivity index (χ1n) is 8.74. The van der Waals surface area contributed by atoms with E-state index in [2.05, 4.69) is 40.4 Å². The van der Waals surface area contributed by atoms with Crippen LogP contribution in [0.25, 0.3) is 0 Å². The number of hydrogen-bond acceptors (Lipinski definition) is 5. The summed E-state index contributed by atoms with van der Waals surface area (Å²) >= 11 is 8.85. The molecule has 0 bridgehead atoms. The van der Waals surface area contributed by atoms with Gasteiger partial charge in [0, 0.05) is 5.70 Å². The molecule has 2 rings (SSSR count). The summed E-state index contributed by atoms with van der Waals surface area (Å²) in [4.78, 5) is 12.3. The third-order valence-electron chi connectivity index (χ3n) is 3.90. The minimum atomic E-state index is -0.458. The van der Waals surface area contributed by atoms with Crippen LogP contribution in [0.3, 0.4) is 0 Å². The molecule has 0 aliphatic carbocycles. The fourth-order valence-corrected chi connectivity index (χ4v) is 3.58. The molecule has 1 aromatic rings. The molecule has 0 aromatic heterocycles. The van der Waals surface area contributed by atoms with Crippen molar-refractivity contribution in [2.75, 3.05) is 20.3 Å². The van der Waals surface area contributed by atoms with Gasteiger partial charge in [0.25, 0.3) is 0 Å². The van der Waals surface area contributed by atoms with Crippen molar-refractivity contribution in [3.05, 3.63) is 33.4 Å². The van der Waals surface area contributed by atoms with E-state index in [9.17, 15) is 4.79 Å². The Morgan fingerprint density at radius 3 is 2.63 bits per heavy atom. The number of ether oxygens (including phenoxy) is 3. The third-order valence-corrected chi connectivity index (χ3v) is 4.71. The fourth-order valence-electron chi connectivity index (χ4n) is 2.73. The molecule has 2 N–H and O–H groups in total. The Hall–Kier alpha value is -1.80. The molecular weight excluding hydrogens is 432 g/mol. The summed E-state index contributed by atoms with van der Waals surface area (Å²) in [7, 11) is 1.36. The van der Waals surface area contributed by atoms with Crippen LogP contribution < -0.4 is 20.1 Å². The lowest BCUT2D eigenvalue weighted by molar-refractivity contribution is -0.136. The monoisotopic (exact) mass is 456 g/mol. The van der Waals surface area contributed by atoms with E-state index >= 15 is 0 Å². The Balaban J connectivity index is 2.51. The molecular formula is C19H25BrN2O4S. The van der Waals surface area contributed by atoms with Gasteiger partial charge in [-0.15, -0.1) is 0 Å². The average Bonchev–Trinajstić information content (AvgIpc) is 2.59. The zero-order valence-corrected chi connectivity index (χ0v) is 18.5. The maximum atomic E-state index is 12.3. The van der Waals surface area contributed by atoms with Gasteiger partial charge in [0.1, 0.15) is 0 Å². The van der Waals surface area contributed by atoms with E-state index in [1.807, 2.05) is 19.1 Å². The maximum Gasteiger partial charge on any atom is 0.337 e. The topological polar surface area (TPSA) is 68.8 Å². The molecule has 0 saturated heterocycles. The number of carbonyl (C=O) groups excluding carboxylic acids is 1. The van der Waals surface area contributed by atoms with Gasteiger partial charge in [-0.05, 0) is 65.6 Å². The second kappa shape index (κ2) is 9.41. The second-order valence-corrected chi connectivity index (χ2v) is 7.79. The van der Waals surface area contributed by atoms with Crippen LogP contribution in [-0.4, -0.2) is 31.4 Å². The molecule has 1 aliphatic rings. The maximum absolute atomic E-state index is 12.3. The molecule has 0 spiro atoms. The summed E-state index contributed by atoms with van der Waals surface area (Å²) in [5.74, 6) is 1.21. The van der Waals surface area contributed by atoms with E-state index in [0.717, 1.165) is 10.0 Å². The Bertz CT molecular complexity index is 764. The molecule has 1 atom stereocenters. The number of hydrogen-bond donors (Lipinski definition) is 2. The molecule has 6 nitrogen and oxygen atoms in total. The summed E-state index contributed by atoms with van der Waals surface area (Å²) < 4.78 is 17.4. The number of nitrogens with one attached hydrogen (secondary N) is 2. The zero-order chi connectivity index (χ0) is 20.1. The van der Waals surface area contributed by atoms with E-state index in [4.69, 9.17) is 26.4 Å². The molecule has 8 heteroatoms. The highest BCUT2D eigenvalue weighted by Crippen LogP contribution is 2.40. The number of carbonyl (C=O) groups is 1. The Kier molecular flexibility index (Phi) is 7.49. The van der Waals surface area contributed by atoms with Gasteiger partial charge in [-0.2, -0.15) is 0 Å². The molecule has 148 valence electrons. The van der Waals surface area contributed by atoms with Gasteiger partial charge in [0.15, 0.2) is 16.6 Å². The Morgan fingerprint density at radius 1 is 1.33 bits per heavy atom. The van der Waals surface area contributed by atoms with Crippen molar-refractivity contribution in [1.82, 2.24) is 10.6 Å². The zero-order valence-electron chi connectivity index (χ0n) is 16.1. The number of benzene rings is 1. The highest BCUT2D eigenvalue weighted by atomic mass is 79.9. The van der Waals surface area contributed by atoms with Gasteiger partial charge in [0.05, 0.1) is 36.4 Å². The van der Waals surface area contributed by atoms with Crippen LogP contribution in [0, 0.1) is 5.92 Å². The van der Waals surface area contributed by atoms with Crippen LogP contribution in [0.5, 0.6) is 11.5 Å². The van der Waals surface area contributed by atoms with Crippen LogP contribution in [0.15, 0.2) is 27.9 Å². The first-order valence-corrected chi connectivity index (χ1v) is 9.94. The lowest BCUT2D eigenvalue weighted by Gasteiger charge is -2.30. The smallest absolute Gasteiger partial charge is 0.337 e. The standard InChI is InChI=1S/C19H25BrN2O4S/c1-6-25-14-8-12(7-13(20)17(14)26-9-10(2)3)16-15(18(23)24-5)11(4)21-19(27)22-16/h7-8,10,16H,6,9H2,1-5H3,(H2,21,22,27)/t16-/m0/s1. The summed E-state index contributed by atoms with van der Waals surface area (Å²) in [6, 6.07) is 3.31. The van der Waals surface area contributed by atoms with E-state index in [0.29, 0.717) is 47.0 Å². The number of allylic oxidation sites excluding steroid dienone is 1. The highest BCUT2D eigenvalue weighted by molar-refractivity contribution is 9.10. The van der Waals surface area contributed by atoms with Crippen molar-refractivity contribution in [2.24, 2.45) is 5.92 Å². The van der Waals surface area contributed by atoms with Crippen LogP contribution >= 0.6 is 28.1 Å². The molecule has 0 radical (unpaired) electrons. The van der Waals surface area contributed by atoms with E-state index in [-0.39, 0.29) is 0 Å². The van der Waals surface area contributed by atoms with Gasteiger partial charge < -0.3 is 24.8 Å². The van der Waals surface area contributed by atoms with E-state index in [1.165, 1.54) is 7.11 Å². The number of thiocarbonyl (C=S) groups is 1. The van der Waals surface area contributed by atoms with Crippen molar-refractivity contribution < 1.29 is 19.0 Å². The van der Waals surface area contributed by atoms with Crippen molar-refractivity contribution >= 4 is 39.2 Å². The van der Waals surface area contributed by atoms with Gasteiger partial charge in [-0.3, -0.25) is 0 Å². The second-order valence-electron chi connectivity index (χ2n) is 6.53. The van der Waals surface area contributed by atoms with Crippen molar-refractivity contribution in [3.63, 3.8) is 0 Å². The van der Waals surface area contributed by atoms with E-state index < -0.39 is 12.0 Å². The molecule has 0 fully saturated rings. The molecule has 0 amide bonds. The van der Waals surface area contributed by atoms with Crippen molar-refractivity contribution in [2.45, 2.75) is 33.7 Å². The third kappa shape index (κ3) is 5.13. The summed E-state index contributed by atoms with van der Waals surface area (Å²) in [6.07, 6.45) is 0. The summed E-state index contributed by atoms with van der Waals surface area (Å²) in [5.41, 5.74) is 1.94. The lowest BCUT2D eigenvalue weighted by Crippen LogP contribution is -2.45. The minimum absolute atomic E-state index is 0.381. The molecule has 27 heavy (non-hydrogen) atoms. The van der Waals surface area contributed by atoms with Crippen LogP contribution in [0.4, 0.5) is 0 Å². The van der Waals surface area contributed by atoms with Gasteiger partial charge >= 0.3 is 5.97 Å². The summed E-state index contributed by atoms with van der Waals surface area (Å²) in [5, 5.41) is 6.56. The highest BCUT2D eigenvalue weighted by Gasteiger charge is 2.31. The van der Waals surface area contributed by atoms with Crippen molar-refractivity contribution in [3.8, 4) is 11.5 Å². The molecule has 0 saturated carbocycles. The van der Waals surface area contributed by atoms with Crippen molar-refractivity contribution in [1.29, 1.82) is 0 Å². The SMILES string of the molecule is CCOc1cc([C@@H]2NC(=S)NC(C)=C2C(=O)OC)cc(Br)c1OCC(C)C. The van der Waals surface area contributed by atoms with Crippen LogP contribution in [0.2, 0.25) is 0 Å². The van der Waals surface area contributed by atoms with Crippen LogP contribution in [0.1, 0.15) is 39.3 Å². The fraction of sp³-hybridized carbons (Fsp3) is 0.474. The van der Waals surface area contributed by atoms with E-state index in [1.54, 1.807) is 6.92 Å². The Morgan fingerprint density at radius 2 is 2.04 bits per heavy atom.